The molecule has 1 aliphatic carbocycles. The fourth-order valence-electron chi connectivity index (χ4n) is 3.39. The molecule has 1 heterocycles. The molecule has 1 fully saturated rings. The summed E-state index contributed by atoms with van der Waals surface area (Å²) in [6.45, 7) is 2.19. The molecular formula is C20H23N3O4. The number of hydrogen-bond donors (Lipinski definition) is 1. The number of anilines is 1. The Balaban J connectivity index is 1.63. The predicted molar refractivity (Wildman–Crippen MR) is 101 cm³/mol. The second kappa shape index (κ2) is 8.62. The third kappa shape index (κ3) is 4.61. The second-order valence-electron chi connectivity index (χ2n) is 6.58. The molecule has 142 valence electrons. The van der Waals surface area contributed by atoms with Crippen molar-refractivity contribution < 1.29 is 14.3 Å². The monoisotopic (exact) mass is 369 g/mol. The highest BCUT2D eigenvalue weighted by molar-refractivity contribution is 6.03. The van der Waals surface area contributed by atoms with Gasteiger partial charge in [-0.2, -0.15) is 4.98 Å². The minimum Gasteiger partial charge on any atom is -0.466 e. The molecule has 7 nitrogen and oxygen atoms in total. The molecular weight excluding hydrogens is 346 g/mol. The second-order valence-corrected chi connectivity index (χ2v) is 6.58. The Morgan fingerprint density at radius 2 is 1.85 bits per heavy atom. The van der Waals surface area contributed by atoms with Crippen molar-refractivity contribution in [3.8, 4) is 0 Å². The molecule has 1 amide bonds. The highest BCUT2D eigenvalue weighted by atomic mass is 16.5. The van der Waals surface area contributed by atoms with E-state index in [-0.39, 0.29) is 29.7 Å². The lowest BCUT2D eigenvalue weighted by molar-refractivity contribution is -0.149. The van der Waals surface area contributed by atoms with Gasteiger partial charge in [0.1, 0.15) is 5.82 Å². The van der Waals surface area contributed by atoms with E-state index in [4.69, 9.17) is 4.74 Å². The van der Waals surface area contributed by atoms with Crippen LogP contribution in [0.2, 0.25) is 0 Å². The van der Waals surface area contributed by atoms with Gasteiger partial charge in [0.25, 0.3) is 5.91 Å². The summed E-state index contributed by atoms with van der Waals surface area (Å²) in [5, 5.41) is 2.64. The zero-order chi connectivity index (χ0) is 19.2. The van der Waals surface area contributed by atoms with Gasteiger partial charge in [-0.15, -0.1) is 0 Å². The average Bonchev–Trinajstić information content (AvgIpc) is 2.69. The Kier molecular flexibility index (Phi) is 6.01. The van der Waals surface area contributed by atoms with Crippen LogP contribution in [0.3, 0.4) is 0 Å². The van der Waals surface area contributed by atoms with Crippen molar-refractivity contribution in [2.45, 2.75) is 38.6 Å². The maximum atomic E-state index is 12.4. The number of aromatic nitrogens is 2. The van der Waals surface area contributed by atoms with E-state index in [1.807, 2.05) is 6.07 Å². The number of esters is 1. The Labute approximate surface area is 157 Å². The summed E-state index contributed by atoms with van der Waals surface area (Å²) >= 11 is 0. The van der Waals surface area contributed by atoms with Crippen molar-refractivity contribution in [2.75, 3.05) is 11.9 Å². The molecule has 0 radical (unpaired) electrons. The summed E-state index contributed by atoms with van der Waals surface area (Å²) in [6, 6.07) is 10.4. The van der Waals surface area contributed by atoms with Gasteiger partial charge in [0.2, 0.25) is 0 Å². The first-order valence-electron chi connectivity index (χ1n) is 9.20. The number of ether oxygens (including phenoxy) is 1. The van der Waals surface area contributed by atoms with Gasteiger partial charge in [0.05, 0.1) is 12.5 Å². The highest BCUT2D eigenvalue weighted by Gasteiger charge is 2.28. The van der Waals surface area contributed by atoms with Crippen LogP contribution in [-0.4, -0.2) is 28.0 Å². The largest absolute Gasteiger partial charge is 0.466 e. The Bertz CT molecular complexity index is 855. The van der Waals surface area contributed by atoms with Crippen LogP contribution >= 0.6 is 0 Å². The molecule has 0 bridgehead atoms. The maximum absolute atomic E-state index is 12.4. The smallest absolute Gasteiger partial charge is 0.349 e. The van der Waals surface area contributed by atoms with E-state index in [0.717, 1.165) is 12.8 Å². The number of benzene rings is 1. The van der Waals surface area contributed by atoms with Crippen LogP contribution in [0, 0.1) is 5.92 Å². The van der Waals surface area contributed by atoms with E-state index in [1.165, 1.54) is 0 Å². The van der Waals surface area contributed by atoms with Gasteiger partial charge in [0.15, 0.2) is 0 Å². The van der Waals surface area contributed by atoms with Crippen LogP contribution < -0.4 is 11.0 Å². The first-order chi connectivity index (χ1) is 13.1. The number of rotatable bonds is 5. The number of hydrogen-bond acceptors (Lipinski definition) is 5. The molecule has 27 heavy (non-hydrogen) atoms. The molecule has 7 heteroatoms. The van der Waals surface area contributed by atoms with Gasteiger partial charge in [-0.1, -0.05) is 18.2 Å². The third-order valence-electron chi connectivity index (χ3n) is 4.82. The Hall–Kier alpha value is -2.96. The highest BCUT2D eigenvalue weighted by Crippen LogP contribution is 2.32. The summed E-state index contributed by atoms with van der Waals surface area (Å²) < 4.78 is 6.66. The van der Waals surface area contributed by atoms with Crippen LogP contribution in [0.5, 0.6) is 0 Å². The van der Waals surface area contributed by atoms with Crippen molar-refractivity contribution in [1.82, 2.24) is 9.55 Å². The van der Waals surface area contributed by atoms with Gasteiger partial charge in [-0.3, -0.25) is 14.2 Å². The lowest BCUT2D eigenvalue weighted by atomic mass is 9.86. The van der Waals surface area contributed by atoms with E-state index < -0.39 is 5.69 Å². The molecule has 0 spiro atoms. The van der Waals surface area contributed by atoms with Crippen molar-refractivity contribution in [2.24, 2.45) is 5.92 Å². The van der Waals surface area contributed by atoms with Gasteiger partial charge in [-0.05, 0) is 50.8 Å². The third-order valence-corrected chi connectivity index (χ3v) is 4.82. The SMILES string of the molecule is CCOC(=O)[C@H]1CC[C@H](n2ccc(NC(=O)c3ccccc3)nc2=O)CC1. The average molecular weight is 369 g/mol. The molecule has 1 N–H and O–H groups in total. The van der Waals surface area contributed by atoms with Crippen LogP contribution in [-0.2, 0) is 9.53 Å². The molecule has 1 aromatic heterocycles. The first-order valence-corrected chi connectivity index (χ1v) is 9.20. The topological polar surface area (TPSA) is 90.3 Å². The minimum absolute atomic E-state index is 0.00884. The van der Waals surface area contributed by atoms with Crippen LogP contribution in [0.1, 0.15) is 49.0 Å². The first kappa shape index (κ1) is 18.8. The van der Waals surface area contributed by atoms with Gasteiger partial charge < -0.3 is 10.1 Å². The minimum atomic E-state index is -0.402. The number of carbonyl (C=O) groups excluding carboxylic acids is 2. The zero-order valence-corrected chi connectivity index (χ0v) is 15.3. The van der Waals surface area contributed by atoms with Crippen molar-refractivity contribution >= 4 is 17.7 Å². The molecule has 0 atom stereocenters. The summed E-state index contributed by atoms with van der Waals surface area (Å²) in [5.74, 6) is -0.324. The Morgan fingerprint density at radius 3 is 2.48 bits per heavy atom. The summed E-state index contributed by atoms with van der Waals surface area (Å²) in [6.07, 6.45) is 4.50. The number of nitrogens with one attached hydrogen (secondary N) is 1. The van der Waals surface area contributed by atoms with E-state index in [1.54, 1.807) is 48.0 Å². The Morgan fingerprint density at radius 1 is 1.15 bits per heavy atom. The number of carbonyl (C=O) groups is 2. The van der Waals surface area contributed by atoms with Gasteiger partial charge in [0, 0.05) is 17.8 Å². The van der Waals surface area contributed by atoms with Crippen molar-refractivity contribution in [1.29, 1.82) is 0 Å². The number of amides is 1. The zero-order valence-electron chi connectivity index (χ0n) is 15.3. The molecule has 0 aliphatic heterocycles. The van der Waals surface area contributed by atoms with Gasteiger partial charge in [-0.25, -0.2) is 4.79 Å². The quantitative estimate of drug-likeness (QED) is 0.819. The summed E-state index contributed by atoms with van der Waals surface area (Å²) in [7, 11) is 0. The van der Waals surface area contributed by atoms with E-state index in [9.17, 15) is 14.4 Å². The normalized spacial score (nSPS) is 19.3. The molecule has 0 unspecified atom stereocenters. The molecule has 0 saturated heterocycles. The van der Waals surface area contributed by atoms with Gasteiger partial charge >= 0.3 is 11.7 Å². The lowest BCUT2D eigenvalue weighted by Crippen LogP contribution is -2.32. The summed E-state index contributed by atoms with van der Waals surface area (Å²) in [5.41, 5.74) is 0.0983. The molecule has 1 aromatic carbocycles. The van der Waals surface area contributed by atoms with Crippen LogP contribution in [0.25, 0.3) is 0 Å². The molecule has 3 rings (SSSR count). The maximum Gasteiger partial charge on any atom is 0.349 e. The van der Waals surface area contributed by atoms with Crippen molar-refractivity contribution in [3.63, 3.8) is 0 Å². The van der Waals surface area contributed by atoms with Crippen LogP contribution in [0.15, 0.2) is 47.4 Å². The van der Waals surface area contributed by atoms with Crippen LogP contribution in [0.4, 0.5) is 5.82 Å². The lowest BCUT2D eigenvalue weighted by Gasteiger charge is -2.28. The standard InChI is InChI=1S/C20H23N3O4/c1-2-27-19(25)15-8-10-16(11-9-15)23-13-12-17(22-20(23)26)21-18(24)14-6-4-3-5-7-14/h3-7,12-13,15-16H,2,8-11H2,1H3,(H,21,22,24,26)/t15-,16-. The van der Waals surface area contributed by atoms with E-state index in [0.29, 0.717) is 25.0 Å². The van der Waals surface area contributed by atoms with E-state index in [2.05, 4.69) is 10.3 Å². The molecule has 1 saturated carbocycles. The summed E-state index contributed by atoms with van der Waals surface area (Å²) in [4.78, 5) is 40.4. The number of nitrogens with zero attached hydrogens (tertiary/aromatic N) is 2. The molecule has 2 aromatic rings. The van der Waals surface area contributed by atoms with E-state index >= 15 is 0 Å². The van der Waals surface area contributed by atoms with Crippen molar-refractivity contribution in [3.05, 3.63) is 58.6 Å². The fraction of sp³-hybridized carbons (Fsp3) is 0.400. The predicted octanol–water partition coefficient (Wildman–Crippen LogP) is 2.79. The fourth-order valence-corrected chi connectivity index (χ4v) is 3.39. The molecule has 1 aliphatic rings.